The fourth-order valence-electron chi connectivity index (χ4n) is 4.67. The summed E-state index contributed by atoms with van der Waals surface area (Å²) in [6.45, 7) is 6.67. The lowest BCUT2D eigenvalue weighted by molar-refractivity contribution is 0.0952. The van der Waals surface area contributed by atoms with Crippen molar-refractivity contribution >= 4 is 17.3 Å². The molecule has 4 rings (SSSR count). The van der Waals surface area contributed by atoms with E-state index >= 15 is 0 Å². The van der Waals surface area contributed by atoms with Gasteiger partial charge in [-0.05, 0) is 62.0 Å². The van der Waals surface area contributed by atoms with Crippen LogP contribution in [0.1, 0.15) is 47.7 Å². The summed E-state index contributed by atoms with van der Waals surface area (Å²) < 4.78 is 0. The fraction of sp³-hybridized carbons (Fsp3) is 0.414. The van der Waals surface area contributed by atoms with Crippen molar-refractivity contribution in [3.05, 3.63) is 91.7 Å². The first-order chi connectivity index (χ1) is 17.4. The second-order valence-corrected chi connectivity index (χ2v) is 9.93. The number of amides is 1. The highest BCUT2D eigenvalue weighted by molar-refractivity contribution is 5.94. The van der Waals surface area contributed by atoms with Crippen LogP contribution in [0.5, 0.6) is 0 Å². The first-order valence-electron chi connectivity index (χ1n) is 12.8. The van der Waals surface area contributed by atoms with Crippen molar-refractivity contribution in [3.8, 4) is 0 Å². The Morgan fingerprint density at radius 3 is 2.36 bits per heavy atom. The molecule has 1 aliphatic rings. The van der Waals surface area contributed by atoms with Crippen LogP contribution in [0.3, 0.4) is 0 Å². The summed E-state index contributed by atoms with van der Waals surface area (Å²) in [5, 5.41) is 6.14. The highest BCUT2D eigenvalue weighted by Gasteiger charge is 2.28. The Labute approximate surface area is 212 Å². The van der Waals surface area contributed by atoms with Gasteiger partial charge in [0.1, 0.15) is 11.4 Å². The molecular formula is C29H36N4O3. The zero-order valence-corrected chi connectivity index (χ0v) is 21.3. The zero-order valence-electron chi connectivity index (χ0n) is 21.3. The number of hydrogen-bond acceptors (Lipinski definition) is 6. The monoisotopic (exact) mass is 488 g/mol. The van der Waals surface area contributed by atoms with Gasteiger partial charge in [-0.15, -0.1) is 0 Å². The number of piperidine rings is 1. The Hall–Kier alpha value is -3.45. The molecular weight excluding hydrogens is 452 g/mol. The van der Waals surface area contributed by atoms with Gasteiger partial charge in [0.05, 0.1) is 0 Å². The number of carbonyl (C=O) groups excluding carboxylic acids is 1. The molecule has 1 fully saturated rings. The fourth-order valence-corrected chi connectivity index (χ4v) is 4.67. The van der Waals surface area contributed by atoms with Gasteiger partial charge < -0.3 is 20.4 Å². The molecule has 190 valence electrons. The Balaban J connectivity index is 1.21. The molecule has 3 aromatic carbocycles. The summed E-state index contributed by atoms with van der Waals surface area (Å²) in [5.74, 6) is 0.560. The maximum absolute atomic E-state index is 12.5. The molecule has 0 saturated carbocycles. The van der Waals surface area contributed by atoms with Crippen LogP contribution in [0.4, 0.5) is 11.4 Å². The quantitative estimate of drug-likeness (QED) is 0.318. The molecule has 3 aromatic rings. The molecule has 0 spiro atoms. The van der Waals surface area contributed by atoms with Crippen LogP contribution >= 0.6 is 0 Å². The van der Waals surface area contributed by atoms with Gasteiger partial charge >= 0.3 is 0 Å². The van der Waals surface area contributed by atoms with Crippen LogP contribution in [0.2, 0.25) is 0 Å². The lowest BCUT2D eigenvalue weighted by Crippen LogP contribution is -2.45. The van der Waals surface area contributed by atoms with Crippen molar-refractivity contribution in [1.29, 1.82) is 0 Å². The lowest BCUT2D eigenvalue weighted by Gasteiger charge is -2.33. The minimum Gasteiger partial charge on any atom is -0.376 e. The van der Waals surface area contributed by atoms with E-state index < -0.39 is 5.43 Å². The highest BCUT2D eigenvalue weighted by atomic mass is 16.2. The van der Waals surface area contributed by atoms with E-state index in [4.69, 9.17) is 0 Å². The molecule has 0 aromatic heterocycles. The van der Waals surface area contributed by atoms with Crippen molar-refractivity contribution in [1.82, 2.24) is 10.2 Å². The number of carbonyl (C=O) groups is 1. The molecule has 2 N–H and O–H groups in total. The summed E-state index contributed by atoms with van der Waals surface area (Å²) >= 11 is 0. The zero-order chi connectivity index (χ0) is 25.5. The summed E-state index contributed by atoms with van der Waals surface area (Å²) in [6.07, 6.45) is 2.94. The third-order valence-electron chi connectivity index (χ3n) is 6.97. The van der Waals surface area contributed by atoms with E-state index in [9.17, 15) is 14.4 Å². The molecule has 0 atom stereocenters. The second kappa shape index (κ2) is 12.0. The molecule has 36 heavy (non-hydrogen) atoms. The third-order valence-corrected chi connectivity index (χ3v) is 6.97. The third kappa shape index (κ3) is 6.40. The van der Waals surface area contributed by atoms with Crippen LogP contribution in [0, 0.1) is 5.92 Å². The summed E-state index contributed by atoms with van der Waals surface area (Å²) in [6, 6.07) is 17.7. The van der Waals surface area contributed by atoms with Gasteiger partial charge in [0, 0.05) is 38.3 Å². The predicted octanol–water partition coefficient (Wildman–Crippen LogP) is 3.38. The number of nitrogens with zero attached hydrogens (tertiary/aromatic N) is 2. The first kappa shape index (κ1) is 25.6. The largest absolute Gasteiger partial charge is 0.376 e. The summed E-state index contributed by atoms with van der Waals surface area (Å²) in [7, 11) is 2.08. The molecule has 1 saturated heterocycles. The first-order valence-corrected chi connectivity index (χ1v) is 12.8. The lowest BCUT2D eigenvalue weighted by atomic mass is 9.98. The van der Waals surface area contributed by atoms with Crippen molar-refractivity contribution in [2.45, 2.75) is 39.3 Å². The second-order valence-electron chi connectivity index (χ2n) is 9.93. The van der Waals surface area contributed by atoms with Crippen LogP contribution in [-0.2, 0) is 13.1 Å². The van der Waals surface area contributed by atoms with Crippen molar-refractivity contribution in [2.24, 2.45) is 5.92 Å². The van der Waals surface area contributed by atoms with E-state index in [0.29, 0.717) is 35.9 Å². The maximum atomic E-state index is 12.5. The van der Waals surface area contributed by atoms with Crippen LogP contribution in [0.25, 0.3) is 0 Å². The molecule has 0 unspecified atom stereocenters. The molecule has 0 aliphatic carbocycles. The molecule has 1 heterocycles. The molecule has 7 nitrogen and oxygen atoms in total. The highest BCUT2D eigenvalue weighted by Crippen LogP contribution is 2.26. The van der Waals surface area contributed by atoms with Crippen LogP contribution < -0.4 is 26.4 Å². The Morgan fingerprint density at radius 1 is 0.972 bits per heavy atom. The van der Waals surface area contributed by atoms with Gasteiger partial charge in [0.2, 0.25) is 0 Å². The maximum Gasteiger partial charge on any atom is 0.253 e. The minimum atomic E-state index is -0.436. The normalized spacial score (nSPS) is 14.4. The van der Waals surface area contributed by atoms with Crippen LogP contribution in [0.15, 0.2) is 64.2 Å². The molecule has 1 amide bonds. The van der Waals surface area contributed by atoms with E-state index in [1.807, 2.05) is 35.2 Å². The Morgan fingerprint density at radius 2 is 1.67 bits per heavy atom. The standard InChI is InChI=1S/C29H36N4O3/c1-21-13-17-33(18-14-21)26-25(27(34)28(26)35)31-19-22-9-11-24(12-10-22)29(36)30-15-6-16-32(2)20-23-7-4-3-5-8-23/h3-5,7-12,21,31H,6,13-20H2,1-2H3,(H,30,36). The van der Waals surface area contributed by atoms with E-state index in [0.717, 1.165) is 51.0 Å². The molecule has 0 bridgehead atoms. The number of anilines is 2. The van der Waals surface area contributed by atoms with Gasteiger partial charge in [0.15, 0.2) is 0 Å². The SMILES string of the molecule is CC1CCN(c2c(NCc3ccc(C(=O)NCCCN(C)Cc4ccccc4)cc3)c(=O)c2=O)CC1. The Bertz CT molecular complexity index is 1210. The topological polar surface area (TPSA) is 81.8 Å². The average molecular weight is 489 g/mol. The predicted molar refractivity (Wildman–Crippen MR) is 145 cm³/mol. The molecule has 1 aliphatic heterocycles. The van der Waals surface area contributed by atoms with Crippen molar-refractivity contribution in [2.75, 3.05) is 43.4 Å². The Kier molecular flexibility index (Phi) is 8.54. The number of rotatable bonds is 11. The van der Waals surface area contributed by atoms with E-state index in [-0.39, 0.29) is 11.3 Å². The van der Waals surface area contributed by atoms with Crippen LogP contribution in [-0.4, -0.2) is 44.0 Å². The molecule has 0 radical (unpaired) electrons. The number of hydrogen-bond donors (Lipinski definition) is 2. The number of benzene rings is 2. The summed E-state index contributed by atoms with van der Waals surface area (Å²) in [5.41, 5.74) is 2.97. The van der Waals surface area contributed by atoms with Gasteiger partial charge in [0.25, 0.3) is 16.8 Å². The van der Waals surface area contributed by atoms with Gasteiger partial charge in [-0.1, -0.05) is 49.4 Å². The van der Waals surface area contributed by atoms with Gasteiger partial charge in [-0.2, -0.15) is 0 Å². The van der Waals surface area contributed by atoms with Crippen molar-refractivity contribution in [3.63, 3.8) is 0 Å². The van der Waals surface area contributed by atoms with E-state index in [2.05, 4.69) is 41.6 Å². The number of nitrogens with one attached hydrogen (secondary N) is 2. The molecule has 7 heteroatoms. The summed E-state index contributed by atoms with van der Waals surface area (Å²) in [4.78, 5) is 41.1. The average Bonchev–Trinajstić information content (AvgIpc) is 2.90. The van der Waals surface area contributed by atoms with Gasteiger partial charge in [-0.25, -0.2) is 0 Å². The van der Waals surface area contributed by atoms with E-state index in [1.165, 1.54) is 5.56 Å². The van der Waals surface area contributed by atoms with Crippen molar-refractivity contribution < 1.29 is 4.79 Å². The smallest absolute Gasteiger partial charge is 0.253 e. The van der Waals surface area contributed by atoms with E-state index in [1.54, 1.807) is 12.1 Å². The van der Waals surface area contributed by atoms with Gasteiger partial charge in [-0.3, -0.25) is 14.4 Å². The minimum absolute atomic E-state index is 0.0932.